The van der Waals surface area contributed by atoms with Gasteiger partial charge in [0.15, 0.2) is 0 Å². The molecule has 2 heterocycles. The molecule has 2 aromatic rings. The number of halogens is 1. The van der Waals surface area contributed by atoms with Crippen LogP contribution < -0.4 is 4.90 Å². The second-order valence-electron chi connectivity index (χ2n) is 5.82. The lowest BCUT2D eigenvalue weighted by Crippen LogP contribution is -2.27. The maximum absolute atomic E-state index is 13.2. The van der Waals surface area contributed by atoms with E-state index < -0.39 is 6.10 Å². The summed E-state index contributed by atoms with van der Waals surface area (Å²) in [7, 11) is 0. The molecule has 6 heteroatoms. The van der Waals surface area contributed by atoms with Gasteiger partial charge < -0.3 is 10.0 Å². The number of aliphatic hydroxyl groups is 1. The van der Waals surface area contributed by atoms with Gasteiger partial charge >= 0.3 is 0 Å². The van der Waals surface area contributed by atoms with Crippen LogP contribution in [0.3, 0.4) is 0 Å². The Morgan fingerprint density at radius 1 is 1.13 bits per heavy atom. The first-order chi connectivity index (χ1) is 11.1. The van der Waals surface area contributed by atoms with Crippen LogP contribution in [0, 0.1) is 5.82 Å². The number of rotatable bonds is 4. The van der Waals surface area contributed by atoms with Gasteiger partial charge in [-0.05, 0) is 37.0 Å². The van der Waals surface area contributed by atoms with E-state index >= 15 is 0 Å². The minimum absolute atomic E-state index is 0.0652. The highest BCUT2D eigenvalue weighted by Gasteiger charge is 2.34. The van der Waals surface area contributed by atoms with Crippen molar-refractivity contribution in [1.82, 2.24) is 15.2 Å². The highest BCUT2D eigenvalue weighted by atomic mass is 19.1. The number of anilines is 1. The molecular weight excluding hydrogens is 295 g/mol. The van der Waals surface area contributed by atoms with Crippen LogP contribution in [-0.4, -0.2) is 32.9 Å². The molecule has 5 nitrogen and oxygen atoms in total. The molecule has 0 saturated carbocycles. The predicted octanol–water partition coefficient (Wildman–Crippen LogP) is 2.45. The van der Waals surface area contributed by atoms with Crippen LogP contribution in [0.1, 0.15) is 43.3 Å². The molecule has 0 aliphatic carbocycles. The van der Waals surface area contributed by atoms with Crippen LogP contribution >= 0.6 is 0 Å². The van der Waals surface area contributed by atoms with Crippen molar-refractivity contribution < 1.29 is 9.50 Å². The molecule has 1 aliphatic heterocycles. The van der Waals surface area contributed by atoms with Crippen molar-refractivity contribution in [3.63, 3.8) is 0 Å². The Kier molecular flexibility index (Phi) is 4.52. The fourth-order valence-corrected chi connectivity index (χ4v) is 3.09. The SMILES string of the molecule is CCc1nnc(N2C[C@H](O)C[C@@H]2c2ccc(F)cc2)nc1CC. The van der Waals surface area contributed by atoms with Gasteiger partial charge in [0.1, 0.15) is 5.82 Å². The van der Waals surface area contributed by atoms with Gasteiger partial charge in [0.2, 0.25) is 5.95 Å². The lowest BCUT2D eigenvalue weighted by atomic mass is 10.0. The third-order valence-corrected chi connectivity index (χ3v) is 4.29. The van der Waals surface area contributed by atoms with Gasteiger partial charge in [-0.15, -0.1) is 5.10 Å². The highest BCUT2D eigenvalue weighted by Crippen LogP contribution is 2.34. The number of hydrogen-bond donors (Lipinski definition) is 1. The molecule has 1 aliphatic rings. The Bertz CT molecular complexity index is 677. The van der Waals surface area contributed by atoms with Crippen molar-refractivity contribution >= 4 is 5.95 Å². The van der Waals surface area contributed by atoms with Gasteiger partial charge in [-0.3, -0.25) is 0 Å². The molecule has 1 aromatic carbocycles. The molecule has 0 spiro atoms. The van der Waals surface area contributed by atoms with Crippen LogP contribution in [0.15, 0.2) is 24.3 Å². The average molecular weight is 316 g/mol. The molecule has 1 fully saturated rings. The van der Waals surface area contributed by atoms with Crippen molar-refractivity contribution in [2.24, 2.45) is 0 Å². The van der Waals surface area contributed by atoms with Crippen molar-refractivity contribution in [2.45, 2.75) is 45.3 Å². The number of aryl methyl sites for hydroxylation is 2. The first-order valence-electron chi connectivity index (χ1n) is 8.05. The third-order valence-electron chi connectivity index (χ3n) is 4.29. The van der Waals surface area contributed by atoms with Crippen LogP contribution in [0.2, 0.25) is 0 Å². The second-order valence-corrected chi connectivity index (χ2v) is 5.82. The van der Waals surface area contributed by atoms with Crippen molar-refractivity contribution in [3.8, 4) is 0 Å². The zero-order valence-electron chi connectivity index (χ0n) is 13.4. The molecule has 0 unspecified atom stereocenters. The lowest BCUT2D eigenvalue weighted by molar-refractivity contribution is 0.194. The van der Waals surface area contributed by atoms with Crippen LogP contribution in [0.25, 0.3) is 0 Å². The summed E-state index contributed by atoms with van der Waals surface area (Å²) in [5.41, 5.74) is 2.80. The predicted molar refractivity (Wildman–Crippen MR) is 85.7 cm³/mol. The van der Waals surface area contributed by atoms with Crippen LogP contribution in [-0.2, 0) is 12.8 Å². The highest BCUT2D eigenvalue weighted by molar-refractivity contribution is 5.39. The molecule has 3 rings (SSSR count). The summed E-state index contributed by atoms with van der Waals surface area (Å²) in [6.45, 7) is 4.53. The number of aliphatic hydroxyl groups excluding tert-OH is 1. The van der Waals surface area contributed by atoms with Gasteiger partial charge in [-0.25, -0.2) is 9.37 Å². The number of nitrogens with zero attached hydrogens (tertiary/aromatic N) is 4. The minimum atomic E-state index is -0.454. The topological polar surface area (TPSA) is 62.1 Å². The standard InChI is InChI=1S/C17H21FN4O/c1-3-14-15(4-2)20-21-17(19-14)22-10-13(23)9-16(22)11-5-7-12(18)8-6-11/h5-8,13,16,23H,3-4,9-10H2,1-2H3/t13-,16-/m1/s1. The van der Waals surface area contributed by atoms with E-state index in [0.29, 0.717) is 18.9 Å². The molecule has 1 N–H and O–H groups in total. The molecule has 0 radical (unpaired) electrons. The molecule has 2 atom stereocenters. The van der Waals surface area contributed by atoms with Gasteiger partial charge in [0, 0.05) is 6.54 Å². The fourth-order valence-electron chi connectivity index (χ4n) is 3.09. The van der Waals surface area contributed by atoms with Gasteiger partial charge in [-0.1, -0.05) is 26.0 Å². The van der Waals surface area contributed by atoms with E-state index in [4.69, 9.17) is 0 Å². The van der Waals surface area contributed by atoms with Crippen molar-refractivity contribution in [3.05, 3.63) is 47.0 Å². The van der Waals surface area contributed by atoms with E-state index in [-0.39, 0.29) is 11.9 Å². The summed E-state index contributed by atoms with van der Waals surface area (Å²) >= 11 is 0. The van der Waals surface area contributed by atoms with Crippen LogP contribution in [0.4, 0.5) is 10.3 Å². The number of benzene rings is 1. The molecule has 0 bridgehead atoms. The van der Waals surface area contributed by atoms with Crippen molar-refractivity contribution in [2.75, 3.05) is 11.4 Å². The van der Waals surface area contributed by atoms with E-state index in [1.54, 1.807) is 12.1 Å². The van der Waals surface area contributed by atoms with Crippen LogP contribution in [0.5, 0.6) is 0 Å². The number of aromatic nitrogens is 3. The monoisotopic (exact) mass is 316 g/mol. The number of β-amino-alcohol motifs (C(OH)–C–C–N with tert-alkyl or cyclic N) is 1. The summed E-state index contributed by atoms with van der Waals surface area (Å²) in [5, 5.41) is 18.6. The summed E-state index contributed by atoms with van der Waals surface area (Å²) < 4.78 is 13.2. The molecule has 23 heavy (non-hydrogen) atoms. The molecular formula is C17H21FN4O. The Balaban J connectivity index is 1.94. The zero-order chi connectivity index (χ0) is 16.4. The zero-order valence-corrected chi connectivity index (χ0v) is 13.4. The van der Waals surface area contributed by atoms with Crippen molar-refractivity contribution in [1.29, 1.82) is 0 Å². The first kappa shape index (κ1) is 15.8. The molecule has 0 amide bonds. The minimum Gasteiger partial charge on any atom is -0.391 e. The lowest BCUT2D eigenvalue weighted by Gasteiger charge is -2.24. The fraction of sp³-hybridized carbons (Fsp3) is 0.471. The maximum atomic E-state index is 13.2. The van der Waals surface area contributed by atoms with Gasteiger partial charge in [0.25, 0.3) is 0 Å². The van der Waals surface area contributed by atoms with Gasteiger partial charge in [-0.2, -0.15) is 5.10 Å². The summed E-state index contributed by atoms with van der Waals surface area (Å²) in [5.74, 6) is 0.266. The number of hydrogen-bond acceptors (Lipinski definition) is 5. The largest absolute Gasteiger partial charge is 0.391 e. The smallest absolute Gasteiger partial charge is 0.246 e. The van der Waals surface area contributed by atoms with E-state index in [9.17, 15) is 9.50 Å². The third kappa shape index (κ3) is 3.17. The second kappa shape index (κ2) is 6.58. The Morgan fingerprint density at radius 3 is 2.48 bits per heavy atom. The van der Waals surface area contributed by atoms with E-state index in [1.165, 1.54) is 12.1 Å². The average Bonchev–Trinajstić information content (AvgIpc) is 2.96. The van der Waals surface area contributed by atoms with Gasteiger partial charge in [0.05, 0.1) is 23.5 Å². The Hall–Kier alpha value is -2.08. The van der Waals surface area contributed by atoms with E-state index in [0.717, 1.165) is 29.8 Å². The Labute approximate surface area is 135 Å². The summed E-state index contributed by atoms with van der Waals surface area (Å²) in [6, 6.07) is 6.31. The summed E-state index contributed by atoms with van der Waals surface area (Å²) in [6.07, 6.45) is 1.72. The van der Waals surface area contributed by atoms with E-state index in [1.807, 2.05) is 18.7 Å². The van der Waals surface area contributed by atoms with E-state index in [2.05, 4.69) is 15.2 Å². The molecule has 1 saturated heterocycles. The maximum Gasteiger partial charge on any atom is 0.246 e. The molecule has 1 aromatic heterocycles. The normalized spacial score (nSPS) is 21.0. The quantitative estimate of drug-likeness (QED) is 0.939. The molecule has 122 valence electrons. The first-order valence-corrected chi connectivity index (χ1v) is 8.05. The summed E-state index contributed by atoms with van der Waals surface area (Å²) in [4.78, 5) is 6.60. The Morgan fingerprint density at radius 2 is 1.83 bits per heavy atom.